The quantitative estimate of drug-likeness (QED) is 0.363. The minimum Gasteiger partial charge on any atom is -0.366 e. The molecule has 1 aromatic heterocycles. The molecule has 3 aromatic rings. The van der Waals surface area contributed by atoms with E-state index in [0.29, 0.717) is 29.3 Å². The minimum atomic E-state index is -0.475. The van der Waals surface area contributed by atoms with Crippen LogP contribution >= 0.6 is 0 Å². The Kier molecular flexibility index (Phi) is 8.55. The van der Waals surface area contributed by atoms with Crippen LogP contribution in [0.1, 0.15) is 41.8 Å². The maximum Gasteiger partial charge on any atom is 0.248 e. The third kappa shape index (κ3) is 7.39. The zero-order chi connectivity index (χ0) is 26.4. The van der Waals surface area contributed by atoms with Gasteiger partial charge >= 0.3 is 0 Å². The fraction of sp³-hybridized carbons (Fsp3) is 0.429. The van der Waals surface area contributed by atoms with Crippen LogP contribution in [-0.4, -0.2) is 65.0 Å². The molecule has 1 aliphatic rings. The lowest BCUT2D eigenvalue weighted by molar-refractivity contribution is 0.100. The molecule has 2 heterocycles. The highest BCUT2D eigenvalue weighted by molar-refractivity contribution is 5.94. The number of rotatable bonds is 11. The van der Waals surface area contributed by atoms with Crippen LogP contribution in [0.3, 0.4) is 0 Å². The van der Waals surface area contributed by atoms with Crippen LogP contribution in [0.5, 0.6) is 0 Å². The van der Waals surface area contributed by atoms with E-state index in [1.807, 2.05) is 24.9 Å². The van der Waals surface area contributed by atoms with Gasteiger partial charge in [0.25, 0.3) is 0 Å². The zero-order valence-corrected chi connectivity index (χ0v) is 22.2. The van der Waals surface area contributed by atoms with Crippen LogP contribution in [0.25, 0.3) is 0 Å². The number of carbonyl (C=O) groups is 1. The van der Waals surface area contributed by atoms with E-state index in [1.54, 1.807) is 12.1 Å². The lowest BCUT2D eigenvalue weighted by Crippen LogP contribution is -2.29. The minimum absolute atomic E-state index is 0.259. The SMILES string of the molecule is Cc1ccc(C(N)=O)cc1Nc1nc(N[C@H]2CCN(CCc3ccccc3)C2)nc(N(C)CC(C)C)n1. The molecule has 9 heteroatoms. The summed E-state index contributed by atoms with van der Waals surface area (Å²) in [5, 5.41) is 6.82. The van der Waals surface area contributed by atoms with Crippen LogP contribution in [0.15, 0.2) is 48.5 Å². The Balaban J connectivity index is 1.49. The highest BCUT2D eigenvalue weighted by Gasteiger charge is 2.23. The molecule has 196 valence electrons. The average Bonchev–Trinajstić information content (AvgIpc) is 3.31. The number of hydrogen-bond donors (Lipinski definition) is 3. The summed E-state index contributed by atoms with van der Waals surface area (Å²) >= 11 is 0. The topological polar surface area (TPSA) is 112 Å². The van der Waals surface area contributed by atoms with Gasteiger partial charge in [-0.15, -0.1) is 0 Å². The molecule has 1 amide bonds. The molecular weight excluding hydrogens is 464 g/mol. The molecular formula is C28H38N8O. The van der Waals surface area contributed by atoms with Crippen molar-refractivity contribution < 1.29 is 4.79 Å². The van der Waals surface area contributed by atoms with E-state index in [9.17, 15) is 4.79 Å². The van der Waals surface area contributed by atoms with Crippen molar-refractivity contribution in [3.63, 3.8) is 0 Å². The molecule has 0 radical (unpaired) electrons. The predicted molar refractivity (Wildman–Crippen MR) is 150 cm³/mol. The Bertz CT molecular complexity index is 1200. The van der Waals surface area contributed by atoms with Crippen molar-refractivity contribution in [1.29, 1.82) is 0 Å². The summed E-state index contributed by atoms with van der Waals surface area (Å²) in [5.74, 6) is 1.54. The maximum absolute atomic E-state index is 11.7. The number of nitrogens with zero attached hydrogens (tertiary/aromatic N) is 5. The van der Waals surface area contributed by atoms with Gasteiger partial charge in [-0.25, -0.2) is 0 Å². The summed E-state index contributed by atoms with van der Waals surface area (Å²) in [6, 6.07) is 16.2. The molecule has 37 heavy (non-hydrogen) atoms. The molecule has 0 unspecified atom stereocenters. The van der Waals surface area contributed by atoms with Crippen molar-refractivity contribution >= 4 is 29.4 Å². The number of likely N-dealkylation sites (tertiary alicyclic amines) is 1. The zero-order valence-electron chi connectivity index (χ0n) is 22.2. The number of anilines is 4. The summed E-state index contributed by atoms with van der Waals surface area (Å²) < 4.78 is 0. The molecule has 2 aromatic carbocycles. The lowest BCUT2D eigenvalue weighted by Gasteiger charge is -2.22. The van der Waals surface area contributed by atoms with Gasteiger partial charge in [0.2, 0.25) is 23.8 Å². The summed E-state index contributed by atoms with van der Waals surface area (Å²) in [7, 11) is 1.99. The first kappa shape index (κ1) is 26.3. The standard InChI is InChI=1S/C28H38N8O/c1-19(2)17-35(4)28-33-26(30-23-13-15-36(18-23)14-12-21-8-6-5-7-9-21)32-27(34-28)31-24-16-22(25(29)37)11-10-20(24)3/h5-11,16,19,23H,12-15,17-18H2,1-4H3,(H2,29,37)(H2,30,31,32,33,34)/t23-/m0/s1. The van der Waals surface area contributed by atoms with Gasteiger partial charge in [-0.1, -0.05) is 50.2 Å². The van der Waals surface area contributed by atoms with E-state index >= 15 is 0 Å². The summed E-state index contributed by atoms with van der Waals surface area (Å²) in [6.07, 6.45) is 2.07. The number of nitrogens with one attached hydrogen (secondary N) is 2. The van der Waals surface area contributed by atoms with Crippen LogP contribution in [-0.2, 0) is 6.42 Å². The third-order valence-electron chi connectivity index (χ3n) is 6.54. The number of amides is 1. The number of aromatic nitrogens is 3. The van der Waals surface area contributed by atoms with E-state index < -0.39 is 5.91 Å². The van der Waals surface area contributed by atoms with Gasteiger partial charge < -0.3 is 26.2 Å². The molecule has 4 rings (SSSR count). The number of hydrogen-bond acceptors (Lipinski definition) is 8. The molecule has 0 spiro atoms. The molecule has 1 saturated heterocycles. The van der Waals surface area contributed by atoms with Crippen molar-refractivity contribution in [3.05, 3.63) is 65.2 Å². The smallest absolute Gasteiger partial charge is 0.248 e. The predicted octanol–water partition coefficient (Wildman–Crippen LogP) is 3.84. The van der Waals surface area contributed by atoms with Crippen LogP contribution < -0.4 is 21.3 Å². The molecule has 9 nitrogen and oxygen atoms in total. The van der Waals surface area contributed by atoms with Gasteiger partial charge in [-0.2, -0.15) is 15.0 Å². The van der Waals surface area contributed by atoms with E-state index in [2.05, 4.69) is 69.7 Å². The first-order valence-electron chi connectivity index (χ1n) is 12.9. The van der Waals surface area contributed by atoms with E-state index in [4.69, 9.17) is 10.7 Å². The van der Waals surface area contributed by atoms with E-state index in [-0.39, 0.29) is 6.04 Å². The van der Waals surface area contributed by atoms with Crippen LogP contribution in [0.4, 0.5) is 23.5 Å². The van der Waals surface area contributed by atoms with Gasteiger partial charge in [-0.3, -0.25) is 4.79 Å². The number of carbonyl (C=O) groups excluding carboxylic acids is 1. The Hall–Kier alpha value is -3.72. The maximum atomic E-state index is 11.7. The molecule has 4 N–H and O–H groups in total. The monoisotopic (exact) mass is 502 g/mol. The molecule has 1 atom stereocenters. The largest absolute Gasteiger partial charge is 0.366 e. The number of nitrogens with two attached hydrogens (primary N) is 1. The second-order valence-corrected chi connectivity index (χ2v) is 10.2. The Labute approximate surface area is 219 Å². The molecule has 0 saturated carbocycles. The molecule has 1 aliphatic heterocycles. The summed E-state index contributed by atoms with van der Waals surface area (Å²) in [4.78, 5) is 30.3. The molecule has 1 fully saturated rings. The highest BCUT2D eigenvalue weighted by atomic mass is 16.1. The Morgan fingerprint density at radius 2 is 1.89 bits per heavy atom. The Morgan fingerprint density at radius 1 is 1.14 bits per heavy atom. The van der Waals surface area contributed by atoms with Crippen LogP contribution in [0, 0.1) is 12.8 Å². The number of primary amides is 1. The van der Waals surface area contributed by atoms with Crippen molar-refractivity contribution in [2.45, 2.75) is 39.7 Å². The Morgan fingerprint density at radius 3 is 2.62 bits per heavy atom. The van der Waals surface area contributed by atoms with Crippen molar-refractivity contribution in [1.82, 2.24) is 19.9 Å². The molecule has 0 bridgehead atoms. The average molecular weight is 503 g/mol. The van der Waals surface area contributed by atoms with Crippen molar-refractivity contribution in [2.75, 3.05) is 48.8 Å². The second kappa shape index (κ2) is 12.0. The van der Waals surface area contributed by atoms with Gasteiger partial charge in [-0.05, 0) is 48.9 Å². The van der Waals surface area contributed by atoms with E-state index in [0.717, 1.165) is 50.3 Å². The summed E-state index contributed by atoms with van der Waals surface area (Å²) in [6.45, 7) is 10.1. The van der Waals surface area contributed by atoms with Crippen molar-refractivity contribution in [2.24, 2.45) is 11.7 Å². The number of aryl methyl sites for hydroxylation is 1. The van der Waals surface area contributed by atoms with E-state index in [1.165, 1.54) is 5.56 Å². The van der Waals surface area contributed by atoms with Gasteiger partial charge in [0.05, 0.1) is 0 Å². The second-order valence-electron chi connectivity index (χ2n) is 10.2. The normalized spacial score (nSPS) is 15.6. The first-order chi connectivity index (χ1) is 17.8. The van der Waals surface area contributed by atoms with Gasteiger partial charge in [0, 0.05) is 50.5 Å². The molecule has 0 aliphatic carbocycles. The highest BCUT2D eigenvalue weighted by Crippen LogP contribution is 2.23. The van der Waals surface area contributed by atoms with Crippen LogP contribution in [0.2, 0.25) is 0 Å². The van der Waals surface area contributed by atoms with Crippen molar-refractivity contribution in [3.8, 4) is 0 Å². The summed E-state index contributed by atoms with van der Waals surface area (Å²) in [5.41, 5.74) is 8.98. The first-order valence-corrected chi connectivity index (χ1v) is 12.9. The third-order valence-corrected chi connectivity index (χ3v) is 6.54. The fourth-order valence-electron chi connectivity index (χ4n) is 4.58. The fourth-order valence-corrected chi connectivity index (χ4v) is 4.58. The van der Waals surface area contributed by atoms with Gasteiger partial charge in [0.1, 0.15) is 0 Å². The number of benzene rings is 2. The van der Waals surface area contributed by atoms with Gasteiger partial charge in [0.15, 0.2) is 0 Å². The lowest BCUT2D eigenvalue weighted by atomic mass is 10.1.